The van der Waals surface area contributed by atoms with E-state index in [1.165, 1.54) is 30.2 Å². The number of thiocarbonyl (C=S) groups is 1. The number of rotatable bonds is 7. The van der Waals surface area contributed by atoms with Crippen LogP contribution in [0.15, 0.2) is 60.7 Å². The Morgan fingerprint density at radius 3 is 2.67 bits per heavy atom. The zero-order valence-electron chi connectivity index (χ0n) is 16.2. The Balaban J connectivity index is 1.84. The minimum atomic E-state index is -0.579. The highest BCUT2D eigenvalue weighted by molar-refractivity contribution is 7.80. The minimum Gasteiger partial charge on any atom is -0.493 e. The molecule has 1 N–H and O–H groups in total. The molecule has 0 unspecified atom stereocenters. The van der Waals surface area contributed by atoms with Crippen LogP contribution in [-0.2, 0) is 16.2 Å². The third-order valence-corrected chi connectivity index (χ3v) is 4.66. The molecule has 1 aliphatic rings. The van der Waals surface area contributed by atoms with E-state index in [4.69, 9.17) is 21.7 Å². The van der Waals surface area contributed by atoms with Crippen molar-refractivity contribution < 1.29 is 23.5 Å². The van der Waals surface area contributed by atoms with Crippen LogP contribution < -0.4 is 14.8 Å². The lowest BCUT2D eigenvalue weighted by atomic mass is 10.1. The van der Waals surface area contributed by atoms with Crippen molar-refractivity contribution in [3.63, 3.8) is 0 Å². The summed E-state index contributed by atoms with van der Waals surface area (Å²) in [5.74, 6) is -0.673. The zero-order valence-corrected chi connectivity index (χ0v) is 17.0. The summed E-state index contributed by atoms with van der Waals surface area (Å²) in [6.07, 6.45) is 2.96. The third kappa shape index (κ3) is 4.55. The molecule has 0 radical (unpaired) electrons. The fourth-order valence-electron chi connectivity index (χ4n) is 2.82. The van der Waals surface area contributed by atoms with Crippen molar-refractivity contribution in [2.24, 2.45) is 0 Å². The molecule has 8 heteroatoms. The summed E-state index contributed by atoms with van der Waals surface area (Å²) < 4.78 is 24.8. The number of hydrogen-bond donors (Lipinski definition) is 1. The van der Waals surface area contributed by atoms with Crippen LogP contribution >= 0.6 is 12.2 Å². The van der Waals surface area contributed by atoms with Gasteiger partial charge >= 0.3 is 0 Å². The van der Waals surface area contributed by atoms with Gasteiger partial charge in [0.2, 0.25) is 0 Å². The maximum absolute atomic E-state index is 13.8. The monoisotopic (exact) mass is 426 g/mol. The molecule has 1 saturated heterocycles. The summed E-state index contributed by atoms with van der Waals surface area (Å²) in [6.45, 7) is 3.80. The molecule has 6 nitrogen and oxygen atoms in total. The van der Waals surface area contributed by atoms with Gasteiger partial charge in [-0.25, -0.2) is 4.39 Å². The van der Waals surface area contributed by atoms with E-state index in [1.54, 1.807) is 36.4 Å². The van der Waals surface area contributed by atoms with Gasteiger partial charge in [-0.15, -0.1) is 6.58 Å². The highest BCUT2D eigenvalue weighted by Gasteiger charge is 2.32. The number of benzene rings is 2. The standard InChI is InChI=1S/C22H19FN2O4S/c1-3-10-25-21(27)16(20(26)24-22(25)30)11-14-8-9-18(19(12-14)28-2)29-13-15-6-4-5-7-17(15)23/h3-9,11-12H,1,10,13H2,2H3,(H,24,26,30)/b16-11+. The minimum absolute atomic E-state index is 0.0261. The van der Waals surface area contributed by atoms with Gasteiger partial charge in [0.05, 0.1) is 7.11 Å². The van der Waals surface area contributed by atoms with E-state index >= 15 is 0 Å². The summed E-state index contributed by atoms with van der Waals surface area (Å²) in [4.78, 5) is 26.1. The molecular formula is C22H19FN2O4S. The fraction of sp³-hybridized carbons (Fsp3) is 0.136. The molecule has 0 atom stereocenters. The number of hydrogen-bond acceptors (Lipinski definition) is 5. The van der Waals surface area contributed by atoms with E-state index in [0.29, 0.717) is 22.6 Å². The maximum atomic E-state index is 13.8. The first-order valence-electron chi connectivity index (χ1n) is 8.98. The predicted molar refractivity (Wildman–Crippen MR) is 114 cm³/mol. The number of methoxy groups -OCH3 is 1. The van der Waals surface area contributed by atoms with Crippen molar-refractivity contribution in [2.45, 2.75) is 6.61 Å². The number of carbonyl (C=O) groups is 2. The van der Waals surface area contributed by atoms with Crippen LogP contribution in [0.1, 0.15) is 11.1 Å². The zero-order chi connectivity index (χ0) is 21.7. The summed E-state index contributed by atoms with van der Waals surface area (Å²) in [7, 11) is 1.46. The van der Waals surface area contributed by atoms with Crippen LogP contribution in [0.25, 0.3) is 6.08 Å². The molecule has 1 fully saturated rings. The van der Waals surface area contributed by atoms with Gasteiger partial charge in [0, 0.05) is 12.1 Å². The largest absolute Gasteiger partial charge is 0.493 e. The van der Waals surface area contributed by atoms with Crippen molar-refractivity contribution in [3.05, 3.63) is 77.6 Å². The van der Waals surface area contributed by atoms with E-state index < -0.39 is 11.8 Å². The Labute approximate surface area is 178 Å². The molecular weight excluding hydrogens is 407 g/mol. The number of ether oxygens (including phenoxy) is 2. The number of nitrogens with zero attached hydrogens (tertiary/aromatic N) is 1. The molecule has 0 aromatic heterocycles. The molecule has 1 aliphatic heterocycles. The molecule has 0 bridgehead atoms. The second kappa shape index (κ2) is 9.32. The van der Waals surface area contributed by atoms with Gasteiger partial charge < -0.3 is 9.47 Å². The molecule has 2 aromatic rings. The average Bonchev–Trinajstić information content (AvgIpc) is 2.74. The summed E-state index contributed by atoms with van der Waals surface area (Å²) in [5, 5.41) is 2.53. The molecule has 2 aromatic carbocycles. The average molecular weight is 426 g/mol. The Bertz CT molecular complexity index is 1050. The summed E-state index contributed by atoms with van der Waals surface area (Å²) >= 11 is 5.03. The summed E-state index contributed by atoms with van der Waals surface area (Å²) in [5.41, 5.74) is 0.899. The van der Waals surface area contributed by atoms with Crippen LogP contribution in [0.5, 0.6) is 11.5 Å². The van der Waals surface area contributed by atoms with Crippen LogP contribution in [0.4, 0.5) is 4.39 Å². The smallest absolute Gasteiger partial charge is 0.265 e. The highest BCUT2D eigenvalue weighted by Crippen LogP contribution is 2.30. The van der Waals surface area contributed by atoms with E-state index in [-0.39, 0.29) is 29.7 Å². The van der Waals surface area contributed by atoms with Gasteiger partial charge in [0.15, 0.2) is 16.6 Å². The predicted octanol–water partition coefficient (Wildman–Crippen LogP) is 3.23. The van der Waals surface area contributed by atoms with Gasteiger partial charge in [-0.05, 0) is 42.1 Å². The fourth-order valence-corrected chi connectivity index (χ4v) is 3.07. The Morgan fingerprint density at radius 1 is 1.20 bits per heavy atom. The van der Waals surface area contributed by atoms with Crippen LogP contribution in [0.2, 0.25) is 0 Å². The normalized spacial score (nSPS) is 15.2. The van der Waals surface area contributed by atoms with Crippen LogP contribution in [0.3, 0.4) is 0 Å². The van der Waals surface area contributed by atoms with E-state index in [1.807, 2.05) is 0 Å². The number of nitrogens with one attached hydrogen (secondary N) is 1. The SMILES string of the molecule is C=CCN1C(=O)/C(=C/c2ccc(OCc3ccccc3F)c(OC)c2)C(=O)NC1=S. The molecule has 0 saturated carbocycles. The van der Waals surface area contributed by atoms with Gasteiger partial charge in [-0.2, -0.15) is 0 Å². The Hall–Kier alpha value is -3.52. The van der Waals surface area contributed by atoms with Crippen LogP contribution in [0, 0.1) is 5.82 Å². The first-order chi connectivity index (χ1) is 14.4. The molecule has 1 heterocycles. The number of carbonyl (C=O) groups excluding carboxylic acids is 2. The van der Waals surface area contributed by atoms with Gasteiger partial charge in [0.1, 0.15) is 18.0 Å². The second-order valence-corrected chi connectivity index (χ2v) is 6.70. The number of halogens is 1. The highest BCUT2D eigenvalue weighted by atomic mass is 32.1. The molecule has 154 valence electrons. The van der Waals surface area contributed by atoms with Crippen molar-refractivity contribution in [2.75, 3.05) is 13.7 Å². The lowest BCUT2D eigenvalue weighted by Gasteiger charge is -2.27. The van der Waals surface area contributed by atoms with E-state index in [9.17, 15) is 14.0 Å². The first-order valence-corrected chi connectivity index (χ1v) is 9.39. The molecule has 2 amide bonds. The molecule has 0 aliphatic carbocycles. The van der Waals surface area contributed by atoms with Crippen molar-refractivity contribution in [3.8, 4) is 11.5 Å². The van der Waals surface area contributed by atoms with Crippen LogP contribution in [-0.4, -0.2) is 35.5 Å². The quantitative estimate of drug-likeness (QED) is 0.319. The topological polar surface area (TPSA) is 67.9 Å². The summed E-state index contributed by atoms with van der Waals surface area (Å²) in [6, 6.07) is 11.2. The lowest BCUT2D eigenvalue weighted by molar-refractivity contribution is -0.128. The molecule has 30 heavy (non-hydrogen) atoms. The maximum Gasteiger partial charge on any atom is 0.265 e. The molecule has 0 spiro atoms. The van der Waals surface area contributed by atoms with Crippen molar-refractivity contribution in [1.29, 1.82) is 0 Å². The third-order valence-electron chi connectivity index (χ3n) is 4.34. The molecule has 3 rings (SSSR count). The first kappa shape index (κ1) is 21.2. The lowest BCUT2D eigenvalue weighted by Crippen LogP contribution is -2.53. The van der Waals surface area contributed by atoms with Crippen molar-refractivity contribution in [1.82, 2.24) is 10.2 Å². The van der Waals surface area contributed by atoms with Gasteiger partial charge in [-0.1, -0.05) is 30.3 Å². The Morgan fingerprint density at radius 2 is 1.97 bits per heavy atom. The van der Waals surface area contributed by atoms with E-state index in [2.05, 4.69) is 11.9 Å². The van der Waals surface area contributed by atoms with Gasteiger partial charge in [0.25, 0.3) is 11.8 Å². The Kier molecular flexibility index (Phi) is 6.58. The van der Waals surface area contributed by atoms with Crippen molar-refractivity contribution >= 4 is 35.2 Å². The second-order valence-electron chi connectivity index (χ2n) is 6.31. The van der Waals surface area contributed by atoms with Gasteiger partial charge in [-0.3, -0.25) is 19.8 Å². The number of amides is 2. The van der Waals surface area contributed by atoms with E-state index in [0.717, 1.165) is 0 Å².